The zero-order chi connectivity index (χ0) is 21.6. The number of carbonyl (C=O) groups is 1. The van der Waals surface area contributed by atoms with Crippen LogP contribution in [0.5, 0.6) is 0 Å². The Balaban J connectivity index is 1.70. The van der Waals surface area contributed by atoms with E-state index in [9.17, 15) is 17.6 Å². The Hall–Kier alpha value is -3.45. The van der Waals surface area contributed by atoms with Crippen LogP contribution in [0.2, 0.25) is 0 Å². The third-order valence-electron chi connectivity index (χ3n) is 4.34. The summed E-state index contributed by atoms with van der Waals surface area (Å²) in [6, 6.07) is 20.6. The summed E-state index contributed by atoms with van der Waals surface area (Å²) in [5.74, 6) is -0.727. The number of anilines is 2. The van der Waals surface area contributed by atoms with E-state index in [-0.39, 0.29) is 16.6 Å². The average Bonchev–Trinajstić information content (AvgIpc) is 2.75. The van der Waals surface area contributed by atoms with Crippen molar-refractivity contribution in [3.8, 4) is 0 Å². The zero-order valence-corrected chi connectivity index (χ0v) is 17.1. The summed E-state index contributed by atoms with van der Waals surface area (Å²) >= 11 is 0. The number of sulfonamides is 1. The smallest absolute Gasteiger partial charge is 0.264 e. The first-order valence-corrected chi connectivity index (χ1v) is 10.8. The number of nitrogens with zero attached hydrogens (tertiary/aromatic N) is 1. The van der Waals surface area contributed by atoms with Crippen LogP contribution in [0.3, 0.4) is 0 Å². The number of carbonyl (C=O) groups excluding carboxylic acids is 1. The van der Waals surface area contributed by atoms with Gasteiger partial charge in [-0.2, -0.15) is 0 Å². The van der Waals surface area contributed by atoms with Gasteiger partial charge in [0.2, 0.25) is 5.91 Å². The molecule has 1 amide bonds. The summed E-state index contributed by atoms with van der Waals surface area (Å²) in [5.41, 5.74) is 1.74. The molecule has 0 aliphatic rings. The minimum atomic E-state index is -3.72. The van der Waals surface area contributed by atoms with Crippen molar-refractivity contribution in [2.75, 3.05) is 16.2 Å². The minimum absolute atomic E-state index is 0.132. The Morgan fingerprint density at radius 2 is 1.60 bits per heavy atom. The molecular formula is C23H21FN2O3S. The summed E-state index contributed by atoms with van der Waals surface area (Å²) in [4.78, 5) is 12.2. The van der Waals surface area contributed by atoms with E-state index in [1.54, 1.807) is 49.4 Å². The second-order valence-electron chi connectivity index (χ2n) is 6.40. The molecule has 30 heavy (non-hydrogen) atoms. The molecule has 3 aromatic rings. The van der Waals surface area contributed by atoms with Crippen LogP contribution in [0, 0.1) is 5.82 Å². The molecule has 0 atom stereocenters. The van der Waals surface area contributed by atoms with Crippen LogP contribution in [-0.2, 0) is 14.8 Å². The molecule has 0 saturated heterocycles. The molecule has 0 aromatic heterocycles. The van der Waals surface area contributed by atoms with Crippen LogP contribution in [0.4, 0.5) is 15.8 Å². The molecule has 1 N–H and O–H groups in total. The minimum Gasteiger partial charge on any atom is -0.323 e. The molecule has 0 fully saturated rings. The van der Waals surface area contributed by atoms with Gasteiger partial charge in [-0.15, -0.1) is 0 Å². The van der Waals surface area contributed by atoms with Gasteiger partial charge in [-0.05, 0) is 67.1 Å². The maximum atomic E-state index is 13.0. The Morgan fingerprint density at radius 3 is 2.20 bits per heavy atom. The number of benzene rings is 3. The van der Waals surface area contributed by atoms with Crippen molar-refractivity contribution in [1.82, 2.24) is 0 Å². The fraction of sp³-hybridized carbons (Fsp3) is 0.0870. The number of hydrogen-bond acceptors (Lipinski definition) is 3. The number of para-hydroxylation sites is 1. The monoisotopic (exact) mass is 424 g/mol. The van der Waals surface area contributed by atoms with Crippen molar-refractivity contribution in [1.29, 1.82) is 0 Å². The second-order valence-corrected chi connectivity index (χ2v) is 8.27. The summed E-state index contributed by atoms with van der Waals surface area (Å²) in [6.45, 7) is 2.06. The van der Waals surface area contributed by atoms with E-state index >= 15 is 0 Å². The highest BCUT2D eigenvalue weighted by molar-refractivity contribution is 7.92. The molecule has 0 spiro atoms. The van der Waals surface area contributed by atoms with Crippen LogP contribution in [0.25, 0.3) is 6.08 Å². The first-order chi connectivity index (χ1) is 14.4. The van der Waals surface area contributed by atoms with Crippen molar-refractivity contribution in [3.05, 3.63) is 96.3 Å². The van der Waals surface area contributed by atoms with Gasteiger partial charge in [-0.3, -0.25) is 9.10 Å². The van der Waals surface area contributed by atoms with Crippen LogP contribution in [-0.4, -0.2) is 20.9 Å². The number of hydrogen-bond donors (Lipinski definition) is 1. The molecule has 0 saturated carbocycles. The zero-order valence-electron chi connectivity index (χ0n) is 16.3. The Bertz CT molecular complexity index is 1130. The quantitative estimate of drug-likeness (QED) is 0.560. The predicted octanol–water partition coefficient (Wildman–Crippen LogP) is 4.69. The standard InChI is InChI=1S/C23H21FN2O3S/c1-2-26(21-6-4-3-5-7-21)30(28,29)22-15-13-20(14-16-22)25-23(27)17-10-18-8-11-19(24)12-9-18/h3-17H,2H2,1H3,(H,25,27)/b17-10+. The first-order valence-electron chi connectivity index (χ1n) is 9.32. The summed E-state index contributed by atoms with van der Waals surface area (Å²) < 4.78 is 40.2. The maximum absolute atomic E-state index is 13.0. The fourth-order valence-corrected chi connectivity index (χ4v) is 4.33. The van der Waals surface area contributed by atoms with Crippen LogP contribution >= 0.6 is 0 Å². The van der Waals surface area contributed by atoms with Gasteiger partial charge in [-0.25, -0.2) is 12.8 Å². The molecule has 0 heterocycles. The average molecular weight is 424 g/mol. The lowest BCUT2D eigenvalue weighted by atomic mass is 10.2. The fourth-order valence-electron chi connectivity index (χ4n) is 2.85. The van der Waals surface area contributed by atoms with Crippen LogP contribution < -0.4 is 9.62 Å². The molecule has 3 rings (SSSR count). The van der Waals surface area contributed by atoms with Crippen LogP contribution in [0.15, 0.2) is 89.8 Å². The van der Waals surface area contributed by atoms with Gasteiger partial charge < -0.3 is 5.32 Å². The molecule has 7 heteroatoms. The van der Waals surface area contributed by atoms with Gasteiger partial charge in [0.05, 0.1) is 10.6 Å². The molecule has 5 nitrogen and oxygen atoms in total. The first kappa shape index (κ1) is 21.3. The highest BCUT2D eigenvalue weighted by Crippen LogP contribution is 2.24. The van der Waals surface area contributed by atoms with Crippen molar-refractivity contribution in [2.24, 2.45) is 0 Å². The summed E-state index contributed by atoms with van der Waals surface area (Å²) in [5, 5.41) is 2.67. The van der Waals surface area contributed by atoms with E-state index < -0.39 is 10.0 Å². The van der Waals surface area contributed by atoms with Gasteiger partial charge >= 0.3 is 0 Å². The number of rotatable bonds is 7. The highest BCUT2D eigenvalue weighted by atomic mass is 32.2. The number of nitrogens with one attached hydrogen (secondary N) is 1. The van der Waals surface area contributed by atoms with Gasteiger partial charge in [0.1, 0.15) is 5.82 Å². The number of amides is 1. The van der Waals surface area contributed by atoms with Crippen molar-refractivity contribution in [3.63, 3.8) is 0 Å². The lowest BCUT2D eigenvalue weighted by molar-refractivity contribution is -0.111. The van der Waals surface area contributed by atoms with Gasteiger partial charge in [0, 0.05) is 18.3 Å². The van der Waals surface area contributed by atoms with Crippen molar-refractivity contribution >= 4 is 33.4 Å². The van der Waals surface area contributed by atoms with E-state index in [0.717, 1.165) is 0 Å². The molecule has 0 radical (unpaired) electrons. The van der Waals surface area contributed by atoms with Crippen molar-refractivity contribution < 1.29 is 17.6 Å². The third kappa shape index (κ3) is 5.12. The van der Waals surface area contributed by atoms with E-state index in [1.807, 2.05) is 6.07 Å². The highest BCUT2D eigenvalue weighted by Gasteiger charge is 2.23. The van der Waals surface area contributed by atoms with E-state index in [2.05, 4.69) is 5.32 Å². The normalized spacial score (nSPS) is 11.4. The molecule has 0 aliphatic carbocycles. The molecular weight excluding hydrogens is 403 g/mol. The molecule has 0 unspecified atom stereocenters. The lowest BCUT2D eigenvalue weighted by Crippen LogP contribution is -2.30. The Morgan fingerprint density at radius 1 is 0.967 bits per heavy atom. The van der Waals surface area contributed by atoms with E-state index in [4.69, 9.17) is 0 Å². The van der Waals surface area contributed by atoms with Gasteiger partial charge in [0.15, 0.2) is 0 Å². The van der Waals surface area contributed by atoms with Gasteiger partial charge in [0.25, 0.3) is 10.0 Å². The van der Waals surface area contributed by atoms with E-state index in [0.29, 0.717) is 23.5 Å². The second kappa shape index (κ2) is 9.37. The summed E-state index contributed by atoms with van der Waals surface area (Å²) in [6.07, 6.45) is 2.89. The van der Waals surface area contributed by atoms with Gasteiger partial charge in [-0.1, -0.05) is 30.3 Å². The largest absolute Gasteiger partial charge is 0.323 e. The summed E-state index contributed by atoms with van der Waals surface area (Å²) in [7, 11) is -3.72. The molecule has 3 aromatic carbocycles. The predicted molar refractivity (Wildman–Crippen MR) is 117 cm³/mol. The third-order valence-corrected chi connectivity index (χ3v) is 6.26. The van der Waals surface area contributed by atoms with E-state index in [1.165, 1.54) is 46.8 Å². The Kier molecular flexibility index (Phi) is 6.64. The van der Waals surface area contributed by atoms with Crippen LogP contribution in [0.1, 0.15) is 12.5 Å². The topological polar surface area (TPSA) is 66.5 Å². The SMILES string of the molecule is CCN(c1ccccc1)S(=O)(=O)c1ccc(NC(=O)/C=C/c2ccc(F)cc2)cc1. The molecule has 0 bridgehead atoms. The number of halogens is 1. The maximum Gasteiger partial charge on any atom is 0.264 e. The molecule has 154 valence electrons. The Labute approximate surface area is 175 Å². The lowest BCUT2D eigenvalue weighted by Gasteiger charge is -2.23. The van der Waals surface area contributed by atoms with Crippen molar-refractivity contribution in [2.45, 2.75) is 11.8 Å². The molecule has 0 aliphatic heterocycles.